The van der Waals surface area contributed by atoms with E-state index in [1.807, 2.05) is 0 Å². The smallest absolute Gasteiger partial charge is 0.303 e. The molecule has 0 aliphatic carbocycles. The van der Waals surface area contributed by atoms with Gasteiger partial charge in [0.25, 0.3) is 0 Å². The summed E-state index contributed by atoms with van der Waals surface area (Å²) in [5.74, 6) is -0.342. The quantitative estimate of drug-likeness (QED) is 0.690. The summed E-state index contributed by atoms with van der Waals surface area (Å²) in [5.41, 5.74) is 7.29. The first-order valence-corrected chi connectivity index (χ1v) is 5.34. The van der Waals surface area contributed by atoms with Crippen LogP contribution in [-0.4, -0.2) is 23.3 Å². The Hall–Kier alpha value is -1.59. The summed E-state index contributed by atoms with van der Waals surface area (Å²) < 4.78 is 5.21. The number of ether oxygens (including phenoxy) is 1. The highest BCUT2D eigenvalue weighted by Gasteiger charge is 2.15. The lowest BCUT2D eigenvalue weighted by molar-refractivity contribution is -0.137. The third-order valence-corrected chi connectivity index (χ3v) is 2.57. The van der Waals surface area contributed by atoms with Crippen molar-refractivity contribution >= 4 is 5.97 Å². The summed E-state index contributed by atoms with van der Waals surface area (Å²) in [6, 6.07) is 4.88. The van der Waals surface area contributed by atoms with Crippen molar-refractivity contribution in [2.75, 3.05) is 7.11 Å². The Kier molecular flexibility index (Phi) is 4.93. The van der Waals surface area contributed by atoms with Crippen molar-refractivity contribution in [3.8, 4) is 5.75 Å². The maximum absolute atomic E-state index is 10.5. The minimum atomic E-state index is -0.877. The molecule has 1 aromatic rings. The fourth-order valence-corrected chi connectivity index (χ4v) is 1.70. The number of aliphatic carboxylic acids is 1. The molecule has 0 fully saturated rings. The van der Waals surface area contributed by atoms with E-state index < -0.39 is 12.0 Å². The molecule has 0 saturated heterocycles. The second kappa shape index (κ2) is 6.22. The van der Waals surface area contributed by atoms with Crippen LogP contribution in [0.5, 0.6) is 5.75 Å². The molecule has 0 bridgehead atoms. The molecule has 0 amide bonds. The molecule has 1 rings (SSSR count). The minimum absolute atomic E-state index is 0.00761. The van der Waals surface area contributed by atoms with Crippen LogP contribution in [-0.2, 0) is 11.4 Å². The zero-order chi connectivity index (χ0) is 12.8. The fraction of sp³-hybridized carbons (Fsp3) is 0.417. The summed E-state index contributed by atoms with van der Waals surface area (Å²) in [5, 5.41) is 17.8. The molecule has 0 heterocycles. The summed E-state index contributed by atoms with van der Waals surface area (Å²) in [6.45, 7) is -0.136. The highest BCUT2D eigenvalue weighted by atomic mass is 16.5. The van der Waals surface area contributed by atoms with Crippen molar-refractivity contribution in [3.63, 3.8) is 0 Å². The number of carbonyl (C=O) groups is 1. The number of hydrogen-bond donors (Lipinski definition) is 3. The van der Waals surface area contributed by atoms with E-state index in [9.17, 15) is 4.79 Å². The topological polar surface area (TPSA) is 92.8 Å². The van der Waals surface area contributed by atoms with Crippen molar-refractivity contribution < 1.29 is 19.7 Å². The van der Waals surface area contributed by atoms with Gasteiger partial charge in [0.2, 0.25) is 0 Å². The van der Waals surface area contributed by atoms with E-state index in [0.29, 0.717) is 17.7 Å². The van der Waals surface area contributed by atoms with Crippen LogP contribution in [0.1, 0.15) is 30.0 Å². The van der Waals surface area contributed by atoms with Crippen LogP contribution in [0, 0.1) is 0 Å². The normalized spacial score (nSPS) is 12.2. The van der Waals surface area contributed by atoms with Crippen molar-refractivity contribution in [2.45, 2.75) is 25.5 Å². The van der Waals surface area contributed by atoms with Gasteiger partial charge >= 0.3 is 5.97 Å². The average molecular weight is 239 g/mol. The molecule has 5 nitrogen and oxygen atoms in total. The summed E-state index contributed by atoms with van der Waals surface area (Å²) in [4.78, 5) is 10.5. The van der Waals surface area contributed by atoms with E-state index in [1.54, 1.807) is 18.2 Å². The van der Waals surface area contributed by atoms with Crippen molar-refractivity contribution in [3.05, 3.63) is 29.3 Å². The number of benzene rings is 1. The molecule has 1 unspecified atom stereocenters. The highest BCUT2D eigenvalue weighted by molar-refractivity contribution is 5.66. The first kappa shape index (κ1) is 13.5. The molecular weight excluding hydrogens is 222 g/mol. The summed E-state index contributed by atoms with van der Waals surface area (Å²) in [6.07, 6.45) is 0.342. The lowest BCUT2D eigenvalue weighted by Crippen LogP contribution is -2.14. The predicted octanol–water partition coefficient (Wildman–Crippen LogP) is 1.05. The minimum Gasteiger partial charge on any atom is -0.496 e. The molecule has 17 heavy (non-hydrogen) atoms. The fourth-order valence-electron chi connectivity index (χ4n) is 1.70. The number of carboxylic acid groups (broad SMARTS) is 1. The average Bonchev–Trinajstić information content (AvgIpc) is 2.34. The van der Waals surface area contributed by atoms with Gasteiger partial charge in [-0.2, -0.15) is 0 Å². The number of carboxylic acids is 1. The van der Waals surface area contributed by atoms with Gasteiger partial charge in [0.1, 0.15) is 5.75 Å². The number of methoxy groups -OCH3 is 1. The standard InChI is InChI=1S/C12H17NO4/c1-17-12-8(7-14)3-2-4-9(12)10(13)5-6-11(15)16/h2-4,10,14H,5-7,13H2,1H3,(H,15,16). The molecule has 0 aliphatic rings. The zero-order valence-corrected chi connectivity index (χ0v) is 9.72. The molecule has 5 heteroatoms. The lowest BCUT2D eigenvalue weighted by Gasteiger charge is -2.17. The van der Waals surface area contributed by atoms with Crippen molar-refractivity contribution in [2.24, 2.45) is 5.73 Å². The second-order valence-corrected chi connectivity index (χ2v) is 3.74. The van der Waals surface area contributed by atoms with Crippen LogP contribution in [0.3, 0.4) is 0 Å². The molecule has 1 atom stereocenters. The Bertz CT molecular complexity index is 392. The summed E-state index contributed by atoms with van der Waals surface area (Å²) >= 11 is 0. The molecule has 0 aromatic heterocycles. The largest absolute Gasteiger partial charge is 0.496 e. The summed E-state index contributed by atoms with van der Waals surface area (Å²) in [7, 11) is 1.50. The van der Waals surface area contributed by atoms with Crippen LogP contribution in [0.4, 0.5) is 0 Å². The zero-order valence-electron chi connectivity index (χ0n) is 9.72. The van der Waals surface area contributed by atoms with E-state index in [0.717, 1.165) is 5.56 Å². The molecule has 1 aromatic carbocycles. The SMILES string of the molecule is COc1c(CO)cccc1C(N)CCC(=O)O. The molecule has 0 saturated carbocycles. The Labute approximate surface area is 99.8 Å². The van der Waals surface area contributed by atoms with Crippen LogP contribution in [0.25, 0.3) is 0 Å². The van der Waals surface area contributed by atoms with E-state index in [-0.39, 0.29) is 13.0 Å². The third-order valence-electron chi connectivity index (χ3n) is 2.57. The van der Waals surface area contributed by atoms with Crippen molar-refractivity contribution in [1.82, 2.24) is 0 Å². The number of hydrogen-bond acceptors (Lipinski definition) is 4. The molecular formula is C12H17NO4. The number of rotatable bonds is 6. The van der Waals surface area contributed by atoms with E-state index >= 15 is 0 Å². The number of para-hydroxylation sites is 1. The van der Waals surface area contributed by atoms with Gasteiger partial charge in [0.05, 0.1) is 13.7 Å². The van der Waals surface area contributed by atoms with Gasteiger partial charge in [-0.15, -0.1) is 0 Å². The third kappa shape index (κ3) is 3.44. The number of aliphatic hydroxyl groups is 1. The Balaban J connectivity index is 2.92. The van der Waals surface area contributed by atoms with Crippen molar-refractivity contribution in [1.29, 1.82) is 0 Å². The first-order chi connectivity index (χ1) is 8.10. The molecule has 0 aliphatic heterocycles. The molecule has 4 N–H and O–H groups in total. The Morgan fingerprint density at radius 2 is 2.24 bits per heavy atom. The number of aliphatic hydroxyl groups excluding tert-OH is 1. The maximum Gasteiger partial charge on any atom is 0.303 e. The van der Waals surface area contributed by atoms with Crippen LogP contribution in [0.2, 0.25) is 0 Å². The number of nitrogens with two attached hydrogens (primary N) is 1. The van der Waals surface area contributed by atoms with Gasteiger partial charge in [-0.3, -0.25) is 4.79 Å². The molecule has 0 spiro atoms. The molecule has 0 radical (unpaired) electrons. The first-order valence-electron chi connectivity index (χ1n) is 5.34. The van der Waals surface area contributed by atoms with Gasteiger partial charge in [-0.25, -0.2) is 0 Å². The van der Waals surface area contributed by atoms with Crippen LogP contribution in [0.15, 0.2) is 18.2 Å². The maximum atomic E-state index is 10.5. The lowest BCUT2D eigenvalue weighted by atomic mass is 9.99. The van der Waals surface area contributed by atoms with Gasteiger partial charge in [-0.05, 0) is 6.42 Å². The highest BCUT2D eigenvalue weighted by Crippen LogP contribution is 2.30. The van der Waals surface area contributed by atoms with Gasteiger partial charge in [0.15, 0.2) is 0 Å². The van der Waals surface area contributed by atoms with Gasteiger partial charge < -0.3 is 20.7 Å². The van der Waals surface area contributed by atoms with E-state index in [2.05, 4.69) is 0 Å². The van der Waals surface area contributed by atoms with Crippen LogP contribution >= 0.6 is 0 Å². The predicted molar refractivity (Wildman–Crippen MR) is 62.7 cm³/mol. The van der Waals surface area contributed by atoms with Gasteiger partial charge in [-0.1, -0.05) is 18.2 Å². The second-order valence-electron chi connectivity index (χ2n) is 3.74. The van der Waals surface area contributed by atoms with E-state index in [1.165, 1.54) is 7.11 Å². The monoisotopic (exact) mass is 239 g/mol. The van der Waals surface area contributed by atoms with Crippen LogP contribution < -0.4 is 10.5 Å². The molecule has 94 valence electrons. The van der Waals surface area contributed by atoms with E-state index in [4.69, 9.17) is 20.7 Å². The Morgan fingerprint density at radius 1 is 1.53 bits per heavy atom. The Morgan fingerprint density at radius 3 is 2.76 bits per heavy atom. The van der Waals surface area contributed by atoms with Gasteiger partial charge in [0, 0.05) is 23.6 Å².